The Kier molecular flexibility index (Phi) is 4.41. The van der Waals surface area contributed by atoms with E-state index in [2.05, 4.69) is 73.2 Å². The van der Waals surface area contributed by atoms with Gasteiger partial charge in [0.2, 0.25) is 0 Å². The second-order valence-corrected chi connectivity index (χ2v) is 8.26. The van der Waals surface area contributed by atoms with Crippen molar-refractivity contribution in [2.24, 2.45) is 0 Å². The third kappa shape index (κ3) is 3.11. The molecule has 0 fully saturated rings. The number of ether oxygens (including phenoxy) is 1. The molecule has 28 heavy (non-hydrogen) atoms. The number of hydrogen-bond acceptors (Lipinski definition) is 3. The van der Waals surface area contributed by atoms with Crippen LogP contribution in [-0.4, -0.2) is 4.98 Å². The summed E-state index contributed by atoms with van der Waals surface area (Å²) in [5.41, 5.74) is 4.99. The molecule has 0 spiro atoms. The zero-order valence-electron chi connectivity index (χ0n) is 14.6. The summed E-state index contributed by atoms with van der Waals surface area (Å²) >= 11 is 7.07. The van der Waals surface area contributed by atoms with Crippen LogP contribution in [-0.2, 0) is 0 Å². The van der Waals surface area contributed by atoms with Crippen molar-refractivity contribution in [2.45, 2.75) is 0 Å². The molecule has 1 aromatic heterocycles. The lowest BCUT2D eigenvalue weighted by Crippen LogP contribution is -2.16. The highest BCUT2D eigenvalue weighted by Crippen LogP contribution is 2.51. The van der Waals surface area contributed by atoms with E-state index in [0.29, 0.717) is 0 Å². The number of hydrogen-bond donors (Lipinski definition) is 0. The van der Waals surface area contributed by atoms with E-state index in [1.165, 1.54) is 0 Å². The van der Waals surface area contributed by atoms with Gasteiger partial charge in [0.25, 0.3) is 0 Å². The van der Waals surface area contributed by atoms with Crippen LogP contribution in [0.5, 0.6) is 11.5 Å². The van der Waals surface area contributed by atoms with Crippen molar-refractivity contribution >= 4 is 48.9 Å². The van der Waals surface area contributed by atoms with E-state index in [0.717, 1.165) is 48.8 Å². The highest BCUT2D eigenvalue weighted by atomic mass is 79.9. The minimum atomic E-state index is 0.798. The van der Waals surface area contributed by atoms with E-state index < -0.39 is 0 Å². The summed E-state index contributed by atoms with van der Waals surface area (Å²) < 4.78 is 8.11. The molecule has 3 aromatic carbocycles. The van der Waals surface area contributed by atoms with Crippen LogP contribution in [0, 0.1) is 0 Å². The minimum Gasteiger partial charge on any atom is -0.453 e. The molecule has 0 saturated carbocycles. The van der Waals surface area contributed by atoms with Crippen LogP contribution in [0.25, 0.3) is 11.3 Å². The smallest absolute Gasteiger partial charge is 0.152 e. The molecule has 5 rings (SSSR count). The van der Waals surface area contributed by atoms with Gasteiger partial charge >= 0.3 is 0 Å². The maximum absolute atomic E-state index is 6.16. The first kappa shape index (κ1) is 17.5. The van der Waals surface area contributed by atoms with Crippen LogP contribution >= 0.6 is 31.9 Å². The standard InChI is InChI=1S/C23H14Br2N2O/c24-16-6-10-20-22(12-16)28-23-13-17(25)7-11-21(23)27(20)18-8-9-19(26-14-18)15-4-2-1-3-5-15/h1-14H. The molecule has 5 heteroatoms. The molecule has 0 bridgehead atoms. The van der Waals surface area contributed by atoms with Gasteiger partial charge in [0.05, 0.1) is 29.0 Å². The summed E-state index contributed by atoms with van der Waals surface area (Å²) in [4.78, 5) is 6.88. The number of nitrogens with zero attached hydrogens (tertiary/aromatic N) is 2. The van der Waals surface area contributed by atoms with Crippen molar-refractivity contribution in [3.8, 4) is 22.8 Å². The molecule has 3 nitrogen and oxygen atoms in total. The minimum absolute atomic E-state index is 0.798. The van der Waals surface area contributed by atoms with E-state index in [4.69, 9.17) is 9.72 Å². The summed E-state index contributed by atoms with van der Waals surface area (Å²) in [7, 11) is 0. The zero-order valence-corrected chi connectivity index (χ0v) is 17.8. The molecule has 136 valence electrons. The molecule has 0 N–H and O–H groups in total. The topological polar surface area (TPSA) is 25.4 Å². The van der Waals surface area contributed by atoms with Gasteiger partial charge in [-0.1, -0.05) is 62.2 Å². The fraction of sp³-hybridized carbons (Fsp3) is 0. The zero-order chi connectivity index (χ0) is 19.1. The maximum Gasteiger partial charge on any atom is 0.152 e. The molecule has 0 radical (unpaired) electrons. The molecular weight excluding hydrogens is 480 g/mol. The van der Waals surface area contributed by atoms with Crippen molar-refractivity contribution in [1.82, 2.24) is 4.98 Å². The Balaban J connectivity index is 1.63. The Morgan fingerprint density at radius 2 is 1.36 bits per heavy atom. The van der Waals surface area contributed by atoms with E-state index in [9.17, 15) is 0 Å². The van der Waals surface area contributed by atoms with Crippen molar-refractivity contribution in [3.63, 3.8) is 0 Å². The van der Waals surface area contributed by atoms with Gasteiger partial charge in [0, 0.05) is 14.5 Å². The Morgan fingerprint density at radius 1 is 0.714 bits per heavy atom. The number of aromatic nitrogens is 1. The van der Waals surface area contributed by atoms with Gasteiger partial charge in [-0.05, 0) is 48.5 Å². The molecule has 4 aromatic rings. The molecule has 0 unspecified atom stereocenters. The van der Waals surface area contributed by atoms with E-state index in [1.54, 1.807) is 0 Å². The quantitative estimate of drug-likeness (QED) is 0.250. The first-order valence-corrected chi connectivity index (χ1v) is 10.4. The van der Waals surface area contributed by atoms with E-state index >= 15 is 0 Å². The third-order valence-corrected chi connectivity index (χ3v) is 5.61. The first-order chi connectivity index (χ1) is 13.7. The molecule has 1 aliphatic heterocycles. The molecule has 0 saturated heterocycles. The largest absolute Gasteiger partial charge is 0.453 e. The lowest BCUT2D eigenvalue weighted by molar-refractivity contribution is 0.476. The molecule has 1 aliphatic rings. The number of fused-ring (bicyclic) bond motifs is 2. The second kappa shape index (κ2) is 7.08. The Hall–Kier alpha value is -2.63. The van der Waals surface area contributed by atoms with Gasteiger partial charge in [-0.15, -0.1) is 0 Å². The Labute approximate surface area is 179 Å². The monoisotopic (exact) mass is 492 g/mol. The predicted molar refractivity (Wildman–Crippen MR) is 120 cm³/mol. The van der Waals surface area contributed by atoms with Crippen LogP contribution in [0.4, 0.5) is 17.1 Å². The highest BCUT2D eigenvalue weighted by Gasteiger charge is 2.26. The maximum atomic E-state index is 6.16. The number of halogens is 2. The van der Waals surface area contributed by atoms with Crippen molar-refractivity contribution in [3.05, 3.63) is 94.0 Å². The highest BCUT2D eigenvalue weighted by molar-refractivity contribution is 9.10. The van der Waals surface area contributed by atoms with Gasteiger partial charge in [-0.3, -0.25) is 4.98 Å². The van der Waals surface area contributed by atoms with E-state index in [1.807, 2.05) is 48.7 Å². The second-order valence-electron chi connectivity index (χ2n) is 6.43. The number of pyridine rings is 1. The molecular formula is C23H14Br2N2O. The summed E-state index contributed by atoms with van der Waals surface area (Å²) in [6.07, 6.45) is 1.91. The average molecular weight is 494 g/mol. The molecule has 0 amide bonds. The third-order valence-electron chi connectivity index (χ3n) is 4.62. The van der Waals surface area contributed by atoms with E-state index in [-0.39, 0.29) is 0 Å². The molecule has 2 heterocycles. The fourth-order valence-corrected chi connectivity index (χ4v) is 4.01. The summed E-state index contributed by atoms with van der Waals surface area (Å²) in [6.45, 7) is 0. The fourth-order valence-electron chi connectivity index (χ4n) is 3.33. The van der Waals surface area contributed by atoms with Crippen molar-refractivity contribution < 1.29 is 4.74 Å². The number of rotatable bonds is 2. The van der Waals surface area contributed by atoms with Gasteiger partial charge < -0.3 is 9.64 Å². The molecule has 0 atom stereocenters. The lowest BCUT2D eigenvalue weighted by atomic mass is 10.1. The van der Waals surface area contributed by atoms with Crippen LogP contribution in [0.15, 0.2) is 94.0 Å². The Morgan fingerprint density at radius 3 is 1.93 bits per heavy atom. The van der Waals surface area contributed by atoms with Crippen molar-refractivity contribution in [1.29, 1.82) is 0 Å². The lowest BCUT2D eigenvalue weighted by Gasteiger charge is -2.32. The number of benzene rings is 3. The van der Waals surface area contributed by atoms with Crippen LogP contribution < -0.4 is 9.64 Å². The first-order valence-electron chi connectivity index (χ1n) is 8.77. The summed E-state index contributed by atoms with van der Waals surface area (Å²) in [5, 5.41) is 0. The van der Waals surface area contributed by atoms with Crippen LogP contribution in [0.2, 0.25) is 0 Å². The summed E-state index contributed by atoms with van der Waals surface area (Å²) in [6, 6.07) is 26.4. The predicted octanol–water partition coefficient (Wildman–Crippen LogP) is 7.85. The number of anilines is 3. The van der Waals surface area contributed by atoms with Gasteiger partial charge in [0.1, 0.15) is 0 Å². The van der Waals surface area contributed by atoms with Crippen LogP contribution in [0.3, 0.4) is 0 Å². The summed E-state index contributed by atoms with van der Waals surface area (Å²) in [5.74, 6) is 1.60. The SMILES string of the molecule is Brc1ccc2c(c1)Oc1cc(Br)ccc1N2c1ccc(-c2ccccc2)nc1. The average Bonchev–Trinajstić information content (AvgIpc) is 2.72. The Bertz CT molecular complexity index is 1110. The van der Waals surface area contributed by atoms with Crippen LogP contribution in [0.1, 0.15) is 0 Å². The normalized spacial score (nSPS) is 12.1. The van der Waals surface area contributed by atoms with Gasteiger partial charge in [-0.25, -0.2) is 0 Å². The van der Waals surface area contributed by atoms with Gasteiger partial charge in [-0.2, -0.15) is 0 Å². The van der Waals surface area contributed by atoms with Crippen molar-refractivity contribution in [2.75, 3.05) is 4.90 Å². The van der Waals surface area contributed by atoms with Gasteiger partial charge in [0.15, 0.2) is 11.5 Å². The molecule has 0 aliphatic carbocycles.